The Hall–Kier alpha value is -2.27. The molecule has 96 valence electrons. The smallest absolute Gasteiger partial charge is 0.233 e. The van der Waals surface area contributed by atoms with Gasteiger partial charge in [0.25, 0.3) is 0 Å². The normalized spacial score (nSPS) is 10.8. The van der Waals surface area contributed by atoms with Crippen LogP contribution in [0.15, 0.2) is 41.1 Å². The van der Waals surface area contributed by atoms with Crippen molar-refractivity contribution in [3.8, 4) is 5.75 Å². The van der Waals surface area contributed by atoms with E-state index in [0.717, 1.165) is 0 Å². The van der Waals surface area contributed by atoms with Gasteiger partial charge in [0.05, 0.1) is 16.9 Å². The molecular formula is C13H10ClN3O2. The van der Waals surface area contributed by atoms with Crippen LogP contribution in [0.1, 0.15) is 5.89 Å². The summed E-state index contributed by atoms with van der Waals surface area (Å²) in [5, 5.41) is 0.513. The van der Waals surface area contributed by atoms with E-state index in [4.69, 9.17) is 26.5 Å². The number of nitrogen functional groups attached to an aromatic ring is 1. The van der Waals surface area contributed by atoms with Gasteiger partial charge in [-0.05, 0) is 12.1 Å². The molecular weight excluding hydrogens is 266 g/mol. The van der Waals surface area contributed by atoms with Crippen molar-refractivity contribution in [3.05, 3.63) is 47.6 Å². The molecule has 0 unspecified atom stereocenters. The summed E-state index contributed by atoms with van der Waals surface area (Å²) in [7, 11) is 0. The van der Waals surface area contributed by atoms with Gasteiger partial charge in [-0.1, -0.05) is 17.7 Å². The fraction of sp³-hybridized carbons (Fsp3) is 0.0769. The highest BCUT2D eigenvalue weighted by atomic mass is 35.5. The molecule has 2 heterocycles. The molecule has 0 spiro atoms. The number of rotatable bonds is 3. The zero-order valence-electron chi connectivity index (χ0n) is 9.84. The van der Waals surface area contributed by atoms with Gasteiger partial charge in [0, 0.05) is 12.3 Å². The number of para-hydroxylation sites is 1. The molecule has 3 rings (SSSR count). The molecule has 0 amide bonds. The summed E-state index contributed by atoms with van der Waals surface area (Å²) in [4.78, 5) is 8.21. The van der Waals surface area contributed by atoms with Crippen LogP contribution in [-0.2, 0) is 6.61 Å². The molecule has 0 radical (unpaired) electrons. The van der Waals surface area contributed by atoms with Crippen molar-refractivity contribution in [1.29, 1.82) is 0 Å². The quantitative estimate of drug-likeness (QED) is 0.744. The number of nitrogens with zero attached hydrogens (tertiary/aromatic N) is 2. The van der Waals surface area contributed by atoms with Crippen LogP contribution in [0.2, 0.25) is 5.02 Å². The van der Waals surface area contributed by atoms with Crippen LogP contribution in [0.25, 0.3) is 11.1 Å². The van der Waals surface area contributed by atoms with Gasteiger partial charge in [-0.2, -0.15) is 0 Å². The lowest BCUT2D eigenvalue weighted by molar-refractivity contribution is 0.266. The lowest BCUT2D eigenvalue weighted by Crippen LogP contribution is -1.96. The van der Waals surface area contributed by atoms with Gasteiger partial charge < -0.3 is 14.9 Å². The summed E-state index contributed by atoms with van der Waals surface area (Å²) in [5.41, 5.74) is 7.67. The maximum absolute atomic E-state index is 5.81. The van der Waals surface area contributed by atoms with Gasteiger partial charge in [0.15, 0.2) is 12.2 Å². The second-order valence-corrected chi connectivity index (χ2v) is 4.37. The number of anilines is 1. The fourth-order valence-electron chi connectivity index (χ4n) is 1.69. The lowest BCUT2D eigenvalue weighted by atomic mass is 10.3. The summed E-state index contributed by atoms with van der Waals surface area (Å²) in [6.45, 7) is 0.191. The Morgan fingerprint density at radius 2 is 2.21 bits per heavy atom. The van der Waals surface area contributed by atoms with E-state index in [2.05, 4.69) is 9.97 Å². The summed E-state index contributed by atoms with van der Waals surface area (Å²) >= 11 is 5.81. The van der Waals surface area contributed by atoms with Crippen molar-refractivity contribution < 1.29 is 9.15 Å². The van der Waals surface area contributed by atoms with Crippen LogP contribution in [0.4, 0.5) is 5.69 Å². The number of aromatic nitrogens is 2. The molecule has 0 aliphatic heterocycles. The van der Waals surface area contributed by atoms with Crippen molar-refractivity contribution in [2.24, 2.45) is 0 Å². The third-order valence-electron chi connectivity index (χ3n) is 2.54. The maximum atomic E-state index is 5.81. The Morgan fingerprint density at radius 1 is 1.32 bits per heavy atom. The number of fused-ring (bicyclic) bond motifs is 1. The average Bonchev–Trinajstić information content (AvgIpc) is 2.81. The molecule has 0 fully saturated rings. The molecule has 5 nitrogen and oxygen atoms in total. The fourth-order valence-corrected chi connectivity index (χ4v) is 1.86. The van der Waals surface area contributed by atoms with Crippen LogP contribution < -0.4 is 10.5 Å². The third-order valence-corrected chi connectivity index (χ3v) is 2.74. The molecule has 1 aromatic carbocycles. The molecule has 6 heteroatoms. The van der Waals surface area contributed by atoms with Crippen LogP contribution in [0.5, 0.6) is 5.75 Å². The van der Waals surface area contributed by atoms with Crippen LogP contribution in [0.3, 0.4) is 0 Å². The van der Waals surface area contributed by atoms with Gasteiger partial charge >= 0.3 is 0 Å². The molecule has 0 saturated heterocycles. The predicted octanol–water partition coefficient (Wildman–Crippen LogP) is 3.04. The van der Waals surface area contributed by atoms with Crippen molar-refractivity contribution in [1.82, 2.24) is 9.97 Å². The predicted molar refractivity (Wildman–Crippen MR) is 72.0 cm³/mol. The van der Waals surface area contributed by atoms with Crippen molar-refractivity contribution in [3.63, 3.8) is 0 Å². The van der Waals surface area contributed by atoms with E-state index in [1.54, 1.807) is 18.3 Å². The maximum Gasteiger partial charge on any atom is 0.233 e. The van der Waals surface area contributed by atoms with E-state index in [1.807, 2.05) is 12.1 Å². The van der Waals surface area contributed by atoms with Crippen molar-refractivity contribution >= 4 is 28.4 Å². The zero-order valence-corrected chi connectivity index (χ0v) is 10.6. The van der Waals surface area contributed by atoms with E-state index < -0.39 is 0 Å². The highest BCUT2D eigenvalue weighted by Crippen LogP contribution is 2.22. The molecule has 0 atom stereocenters. The Bertz CT molecular complexity index is 727. The molecule has 0 aliphatic rings. The number of hydrogen-bond donors (Lipinski definition) is 1. The first-order valence-corrected chi connectivity index (χ1v) is 5.97. The number of halogens is 1. The molecule has 3 aromatic rings. The van der Waals surface area contributed by atoms with Crippen LogP contribution >= 0.6 is 11.6 Å². The Kier molecular flexibility index (Phi) is 2.97. The highest BCUT2D eigenvalue weighted by Gasteiger charge is 2.08. The minimum Gasteiger partial charge on any atom is -0.482 e. The summed E-state index contributed by atoms with van der Waals surface area (Å²) < 4.78 is 11.0. The van der Waals surface area contributed by atoms with E-state index in [-0.39, 0.29) is 6.61 Å². The Labute approximate surface area is 114 Å². The monoisotopic (exact) mass is 275 g/mol. The highest BCUT2D eigenvalue weighted by molar-refractivity contribution is 6.30. The Morgan fingerprint density at radius 3 is 3.00 bits per heavy atom. The van der Waals surface area contributed by atoms with Gasteiger partial charge in [0.1, 0.15) is 11.3 Å². The number of ether oxygens (including phenoxy) is 1. The first kappa shape index (κ1) is 11.8. The molecule has 2 N–H and O–H groups in total. The van der Waals surface area contributed by atoms with E-state index >= 15 is 0 Å². The van der Waals surface area contributed by atoms with E-state index in [9.17, 15) is 0 Å². The number of nitrogens with two attached hydrogens (primary N) is 1. The lowest BCUT2D eigenvalue weighted by Gasteiger charge is -2.02. The van der Waals surface area contributed by atoms with Crippen LogP contribution in [0, 0.1) is 0 Å². The number of oxazole rings is 1. The topological polar surface area (TPSA) is 74.2 Å². The number of pyridine rings is 1. The molecule has 0 bridgehead atoms. The molecule has 19 heavy (non-hydrogen) atoms. The summed E-state index contributed by atoms with van der Waals surface area (Å²) in [6, 6.07) is 7.07. The average molecular weight is 276 g/mol. The van der Waals surface area contributed by atoms with Gasteiger partial charge in [-0.15, -0.1) is 0 Å². The SMILES string of the molecule is Nc1cccc2oc(COc3cncc(Cl)c3)nc12. The minimum atomic E-state index is 0.191. The van der Waals surface area contributed by atoms with Gasteiger partial charge in [0.2, 0.25) is 5.89 Å². The first-order chi connectivity index (χ1) is 9.22. The standard InChI is InChI=1S/C13H10ClN3O2/c14-8-4-9(6-16-5-8)18-7-12-17-13-10(15)2-1-3-11(13)19-12/h1-6H,7,15H2. The minimum absolute atomic E-state index is 0.191. The molecule has 0 saturated carbocycles. The second kappa shape index (κ2) is 4.78. The van der Waals surface area contributed by atoms with Crippen LogP contribution in [-0.4, -0.2) is 9.97 Å². The van der Waals surface area contributed by atoms with Crippen molar-refractivity contribution in [2.75, 3.05) is 5.73 Å². The zero-order chi connectivity index (χ0) is 13.2. The third kappa shape index (κ3) is 2.46. The molecule has 0 aliphatic carbocycles. The number of hydrogen-bond acceptors (Lipinski definition) is 5. The Balaban J connectivity index is 1.80. The van der Waals surface area contributed by atoms with E-state index in [0.29, 0.717) is 33.4 Å². The first-order valence-electron chi connectivity index (χ1n) is 5.59. The van der Waals surface area contributed by atoms with Gasteiger partial charge in [-0.25, -0.2) is 4.98 Å². The molecule has 2 aromatic heterocycles. The summed E-state index contributed by atoms with van der Waals surface area (Å²) in [5.74, 6) is 1.01. The van der Waals surface area contributed by atoms with Crippen molar-refractivity contribution in [2.45, 2.75) is 6.61 Å². The second-order valence-electron chi connectivity index (χ2n) is 3.93. The van der Waals surface area contributed by atoms with E-state index in [1.165, 1.54) is 6.20 Å². The largest absolute Gasteiger partial charge is 0.482 e. The van der Waals surface area contributed by atoms with Gasteiger partial charge in [-0.3, -0.25) is 4.98 Å². The summed E-state index contributed by atoms with van der Waals surface area (Å²) in [6.07, 6.45) is 3.11. The number of benzene rings is 1.